The highest BCUT2D eigenvalue weighted by molar-refractivity contribution is 5.91. The minimum atomic E-state index is -0.0536. The highest BCUT2D eigenvalue weighted by atomic mass is 16.1. The zero-order valence-corrected chi connectivity index (χ0v) is 10.1. The maximum absolute atomic E-state index is 11.5. The summed E-state index contributed by atoms with van der Waals surface area (Å²) in [5, 5.41) is 6.93. The second-order valence-electron chi connectivity index (χ2n) is 3.91. The van der Waals surface area contributed by atoms with Crippen LogP contribution in [0.5, 0.6) is 0 Å². The number of aryl methyl sites for hydroxylation is 1. The number of nitrogens with one attached hydrogen (secondary N) is 1. The minimum Gasteiger partial charge on any atom is -0.350 e. The molecule has 0 aliphatic heterocycles. The first-order valence-corrected chi connectivity index (χ1v) is 5.60. The van der Waals surface area contributed by atoms with Crippen LogP contribution in [0.2, 0.25) is 0 Å². The summed E-state index contributed by atoms with van der Waals surface area (Å²) in [5.74, 6) is -0.0536. The van der Waals surface area contributed by atoms with Crippen molar-refractivity contribution in [3.05, 3.63) is 24.0 Å². The van der Waals surface area contributed by atoms with E-state index in [-0.39, 0.29) is 11.9 Å². The first-order valence-electron chi connectivity index (χ1n) is 5.60. The van der Waals surface area contributed by atoms with Crippen LogP contribution in [0.4, 0.5) is 0 Å². The third kappa shape index (κ3) is 3.88. The van der Waals surface area contributed by atoms with Crippen LogP contribution in [-0.4, -0.2) is 21.7 Å². The van der Waals surface area contributed by atoms with Crippen LogP contribution in [-0.2, 0) is 11.8 Å². The number of rotatable bonds is 5. The molecule has 1 aromatic rings. The summed E-state index contributed by atoms with van der Waals surface area (Å²) < 4.78 is 1.72. The topological polar surface area (TPSA) is 46.9 Å². The summed E-state index contributed by atoms with van der Waals surface area (Å²) in [7, 11) is 1.84. The van der Waals surface area contributed by atoms with Gasteiger partial charge in [0, 0.05) is 25.4 Å². The molecule has 1 amide bonds. The highest BCUT2D eigenvalue weighted by Crippen LogP contribution is 1.99. The van der Waals surface area contributed by atoms with Crippen molar-refractivity contribution in [2.75, 3.05) is 0 Å². The summed E-state index contributed by atoms with van der Waals surface area (Å²) >= 11 is 0. The van der Waals surface area contributed by atoms with Crippen molar-refractivity contribution in [1.82, 2.24) is 15.1 Å². The summed E-state index contributed by atoms with van der Waals surface area (Å²) in [6.07, 6.45) is 7.10. The molecule has 0 aromatic carbocycles. The predicted molar refractivity (Wildman–Crippen MR) is 64.8 cm³/mol. The second-order valence-corrected chi connectivity index (χ2v) is 3.91. The lowest BCUT2D eigenvalue weighted by molar-refractivity contribution is -0.117. The van der Waals surface area contributed by atoms with E-state index in [2.05, 4.69) is 17.3 Å². The summed E-state index contributed by atoms with van der Waals surface area (Å²) in [6.45, 7) is 4.12. The normalized spacial score (nSPS) is 12.9. The van der Waals surface area contributed by atoms with Crippen molar-refractivity contribution < 1.29 is 4.79 Å². The molecule has 88 valence electrons. The Morgan fingerprint density at radius 3 is 3.00 bits per heavy atom. The molecule has 0 aliphatic rings. The van der Waals surface area contributed by atoms with Crippen LogP contribution in [0.15, 0.2) is 18.3 Å². The van der Waals surface area contributed by atoms with Crippen molar-refractivity contribution >= 4 is 12.0 Å². The molecule has 4 nitrogen and oxygen atoms in total. The average Bonchev–Trinajstić information content (AvgIpc) is 2.61. The lowest BCUT2D eigenvalue weighted by atomic mass is 10.2. The standard InChI is InChI=1S/C12H19N3O/c1-4-5-10(2)14-12(16)7-6-11-8-9-13-15(11)3/h6-10H,4-5H2,1-3H3,(H,14,16)/b7-6+. The molecule has 1 unspecified atom stereocenters. The van der Waals surface area contributed by atoms with Gasteiger partial charge in [-0.3, -0.25) is 9.48 Å². The van der Waals surface area contributed by atoms with Crippen molar-refractivity contribution in [2.45, 2.75) is 32.7 Å². The van der Waals surface area contributed by atoms with E-state index in [1.54, 1.807) is 23.0 Å². The monoisotopic (exact) mass is 221 g/mol. The molecule has 1 heterocycles. The largest absolute Gasteiger partial charge is 0.350 e. The first-order chi connectivity index (χ1) is 7.63. The first kappa shape index (κ1) is 12.5. The third-order valence-electron chi connectivity index (χ3n) is 2.37. The zero-order chi connectivity index (χ0) is 12.0. The van der Waals surface area contributed by atoms with Gasteiger partial charge in [-0.25, -0.2) is 0 Å². The van der Waals surface area contributed by atoms with E-state index in [4.69, 9.17) is 0 Å². The lowest BCUT2D eigenvalue weighted by Crippen LogP contribution is -2.30. The van der Waals surface area contributed by atoms with E-state index >= 15 is 0 Å². The van der Waals surface area contributed by atoms with E-state index in [9.17, 15) is 4.79 Å². The van der Waals surface area contributed by atoms with Gasteiger partial charge >= 0.3 is 0 Å². The summed E-state index contributed by atoms with van der Waals surface area (Å²) in [6, 6.07) is 2.09. The fourth-order valence-corrected chi connectivity index (χ4v) is 1.50. The molecule has 0 saturated heterocycles. The molecule has 1 aromatic heterocycles. The molecular formula is C12H19N3O. The maximum Gasteiger partial charge on any atom is 0.244 e. The third-order valence-corrected chi connectivity index (χ3v) is 2.37. The number of carbonyl (C=O) groups is 1. The highest BCUT2D eigenvalue weighted by Gasteiger charge is 2.02. The molecule has 0 aliphatic carbocycles. The Kier molecular flexibility index (Phi) is 4.76. The summed E-state index contributed by atoms with van der Waals surface area (Å²) in [4.78, 5) is 11.5. The van der Waals surface area contributed by atoms with Gasteiger partial charge in [0.1, 0.15) is 0 Å². The number of carbonyl (C=O) groups excluding carboxylic acids is 1. The smallest absolute Gasteiger partial charge is 0.244 e. The molecule has 4 heteroatoms. The molecule has 1 atom stereocenters. The number of nitrogens with zero attached hydrogens (tertiary/aromatic N) is 2. The predicted octanol–water partition coefficient (Wildman–Crippen LogP) is 1.74. The molecule has 0 radical (unpaired) electrons. The average molecular weight is 221 g/mol. The molecule has 16 heavy (non-hydrogen) atoms. The van der Waals surface area contributed by atoms with Crippen LogP contribution < -0.4 is 5.32 Å². The van der Waals surface area contributed by atoms with E-state index in [1.165, 1.54) is 0 Å². The van der Waals surface area contributed by atoms with Gasteiger partial charge in [0.25, 0.3) is 0 Å². The van der Waals surface area contributed by atoms with E-state index in [0.29, 0.717) is 0 Å². The van der Waals surface area contributed by atoms with Gasteiger partial charge in [0.15, 0.2) is 0 Å². The van der Waals surface area contributed by atoms with Gasteiger partial charge in [0.2, 0.25) is 5.91 Å². The number of amides is 1. The van der Waals surface area contributed by atoms with Crippen LogP contribution in [0, 0.1) is 0 Å². The number of aromatic nitrogens is 2. The molecular weight excluding hydrogens is 202 g/mol. The summed E-state index contributed by atoms with van der Waals surface area (Å²) in [5.41, 5.74) is 0.915. The van der Waals surface area contributed by atoms with Crippen molar-refractivity contribution in [1.29, 1.82) is 0 Å². The molecule has 0 fully saturated rings. The molecule has 1 rings (SSSR count). The van der Waals surface area contributed by atoms with Gasteiger partial charge in [-0.05, 0) is 25.5 Å². The Balaban J connectivity index is 2.45. The van der Waals surface area contributed by atoms with Gasteiger partial charge < -0.3 is 5.32 Å². The van der Waals surface area contributed by atoms with Gasteiger partial charge in [-0.15, -0.1) is 0 Å². The van der Waals surface area contributed by atoms with Crippen LogP contribution in [0.1, 0.15) is 32.4 Å². The quantitative estimate of drug-likeness (QED) is 0.770. The second kappa shape index (κ2) is 6.10. The van der Waals surface area contributed by atoms with E-state index in [0.717, 1.165) is 18.5 Å². The fourth-order valence-electron chi connectivity index (χ4n) is 1.50. The Morgan fingerprint density at radius 1 is 1.69 bits per heavy atom. The van der Waals surface area contributed by atoms with E-state index < -0.39 is 0 Å². The Labute approximate surface area is 96.3 Å². The molecule has 0 bridgehead atoms. The Bertz CT molecular complexity index is 368. The fraction of sp³-hybridized carbons (Fsp3) is 0.500. The van der Waals surface area contributed by atoms with Gasteiger partial charge in [-0.2, -0.15) is 5.10 Å². The molecule has 1 N–H and O–H groups in total. The molecule has 0 spiro atoms. The van der Waals surface area contributed by atoms with Crippen molar-refractivity contribution in [3.8, 4) is 0 Å². The van der Waals surface area contributed by atoms with Crippen LogP contribution in [0.3, 0.4) is 0 Å². The lowest BCUT2D eigenvalue weighted by Gasteiger charge is -2.10. The SMILES string of the molecule is CCCC(C)NC(=O)/C=C/c1ccnn1C. The van der Waals surface area contributed by atoms with Crippen molar-refractivity contribution in [3.63, 3.8) is 0 Å². The maximum atomic E-state index is 11.5. The van der Waals surface area contributed by atoms with E-state index in [1.807, 2.05) is 20.0 Å². The zero-order valence-electron chi connectivity index (χ0n) is 10.1. The van der Waals surface area contributed by atoms with Gasteiger partial charge in [0.05, 0.1) is 5.69 Å². The van der Waals surface area contributed by atoms with Crippen molar-refractivity contribution in [2.24, 2.45) is 7.05 Å². The van der Waals surface area contributed by atoms with Crippen LogP contribution in [0.25, 0.3) is 6.08 Å². The molecule has 0 saturated carbocycles. The minimum absolute atomic E-state index is 0.0536. The van der Waals surface area contributed by atoms with Gasteiger partial charge in [-0.1, -0.05) is 13.3 Å². The Hall–Kier alpha value is -1.58. The Morgan fingerprint density at radius 2 is 2.44 bits per heavy atom. The number of hydrogen-bond donors (Lipinski definition) is 1. The van der Waals surface area contributed by atoms with Crippen LogP contribution >= 0.6 is 0 Å². The number of hydrogen-bond acceptors (Lipinski definition) is 2.